The number of rotatable bonds is 5. The molecule has 10 heteroatoms. The predicted molar refractivity (Wildman–Crippen MR) is 97.7 cm³/mol. The molecule has 1 amide bonds. The zero-order valence-electron chi connectivity index (χ0n) is 14.5. The van der Waals surface area contributed by atoms with Crippen molar-refractivity contribution in [1.82, 2.24) is 15.6 Å². The molecule has 0 bridgehead atoms. The average molecular weight is 402 g/mol. The number of carbonyl (C=O) groups is 1. The zero-order chi connectivity index (χ0) is 20.4. The third kappa shape index (κ3) is 4.36. The summed E-state index contributed by atoms with van der Waals surface area (Å²) in [5.41, 5.74) is 8.37. The van der Waals surface area contributed by atoms with Gasteiger partial charge in [-0.25, -0.2) is 0 Å². The van der Waals surface area contributed by atoms with Crippen LogP contribution in [0.15, 0.2) is 47.1 Å². The first kappa shape index (κ1) is 20.6. The molecule has 0 aliphatic carbocycles. The van der Waals surface area contributed by atoms with Crippen LogP contribution in [0.1, 0.15) is 29.3 Å². The van der Waals surface area contributed by atoms with E-state index in [2.05, 4.69) is 29.1 Å². The molecule has 0 fully saturated rings. The smallest absolute Gasteiger partial charge is 0.399 e. The zero-order valence-corrected chi connectivity index (χ0v) is 15.3. The molecule has 0 spiro atoms. The number of hydrogen-bond donors (Lipinski definition) is 3. The summed E-state index contributed by atoms with van der Waals surface area (Å²) in [4.78, 5) is 14.2. The highest BCUT2D eigenvalue weighted by atomic mass is 35.5. The van der Waals surface area contributed by atoms with Crippen LogP contribution in [0.2, 0.25) is 5.02 Å². The van der Waals surface area contributed by atoms with Crippen LogP contribution in [0, 0.1) is 0 Å². The first-order valence-corrected chi connectivity index (χ1v) is 8.28. The van der Waals surface area contributed by atoms with Gasteiger partial charge in [-0.3, -0.25) is 10.2 Å². The molecule has 146 valence electrons. The van der Waals surface area contributed by atoms with Crippen LogP contribution in [-0.2, 0) is 6.18 Å². The topological polar surface area (TPSA) is 82.8 Å². The van der Waals surface area contributed by atoms with E-state index in [0.29, 0.717) is 23.6 Å². The Labute approximate surface area is 159 Å². The molecular weight excluding hydrogens is 383 g/mol. The van der Waals surface area contributed by atoms with Crippen LogP contribution in [0.25, 0.3) is 0 Å². The van der Waals surface area contributed by atoms with E-state index in [1.165, 1.54) is 11.0 Å². The first-order valence-electron chi connectivity index (χ1n) is 7.90. The highest BCUT2D eigenvalue weighted by Gasteiger charge is 2.36. The van der Waals surface area contributed by atoms with E-state index in [1.54, 1.807) is 6.92 Å². The number of nitrogens with one attached hydrogen (secondary N) is 2. The Hall–Kier alpha value is -2.68. The Morgan fingerprint density at radius 1 is 1.44 bits per heavy atom. The molecule has 1 aliphatic heterocycles. The highest BCUT2D eigenvalue weighted by molar-refractivity contribution is 6.34. The van der Waals surface area contributed by atoms with Crippen molar-refractivity contribution in [2.24, 2.45) is 10.8 Å². The lowest BCUT2D eigenvalue weighted by Gasteiger charge is -2.36. The fraction of sp³-hybridized carbons (Fsp3) is 0.294. The quantitative estimate of drug-likeness (QED) is 0.523. The molecule has 2 rings (SSSR count). The minimum Gasteiger partial charge on any atom is -0.399 e. The van der Waals surface area contributed by atoms with Gasteiger partial charge in [0.15, 0.2) is 0 Å². The Morgan fingerprint density at radius 2 is 2.11 bits per heavy atom. The second kappa shape index (κ2) is 7.91. The monoisotopic (exact) mass is 401 g/mol. The van der Waals surface area contributed by atoms with E-state index in [9.17, 15) is 18.0 Å². The third-order valence-corrected chi connectivity index (χ3v) is 4.59. The predicted octanol–water partition coefficient (Wildman–Crippen LogP) is 3.03. The SMILES string of the molecule is C=NNC(=C)NC1=C(N)C(C)N(C(=O)c2cccc(C(F)(F)F)c2Cl)CC1. The van der Waals surface area contributed by atoms with E-state index in [1.807, 2.05) is 0 Å². The average Bonchev–Trinajstić information content (AvgIpc) is 2.58. The summed E-state index contributed by atoms with van der Waals surface area (Å²) < 4.78 is 39.1. The second-order valence-corrected chi connectivity index (χ2v) is 6.27. The summed E-state index contributed by atoms with van der Waals surface area (Å²) in [5, 5.41) is 5.79. The molecule has 0 saturated heterocycles. The van der Waals surface area contributed by atoms with Gasteiger partial charge in [-0.15, -0.1) is 0 Å². The van der Waals surface area contributed by atoms with E-state index < -0.39 is 28.7 Å². The molecule has 0 radical (unpaired) electrons. The van der Waals surface area contributed by atoms with Crippen LogP contribution in [0.4, 0.5) is 13.2 Å². The summed E-state index contributed by atoms with van der Waals surface area (Å²) in [7, 11) is 0. The van der Waals surface area contributed by atoms with Gasteiger partial charge in [0.2, 0.25) is 0 Å². The van der Waals surface area contributed by atoms with Crippen molar-refractivity contribution in [2.45, 2.75) is 25.6 Å². The Bertz CT molecular complexity index is 806. The van der Waals surface area contributed by atoms with Crippen LogP contribution in [0.3, 0.4) is 0 Å². The third-order valence-electron chi connectivity index (χ3n) is 4.18. The maximum atomic E-state index is 13.0. The molecule has 0 saturated carbocycles. The molecular formula is C17H19ClF3N5O. The number of carbonyl (C=O) groups excluding carboxylic acids is 1. The number of alkyl halides is 3. The number of halogens is 4. The largest absolute Gasteiger partial charge is 0.417 e. The molecule has 1 aliphatic rings. The van der Waals surface area contributed by atoms with Crippen molar-refractivity contribution in [3.8, 4) is 0 Å². The summed E-state index contributed by atoms with van der Waals surface area (Å²) in [6.45, 7) is 8.89. The van der Waals surface area contributed by atoms with Crippen LogP contribution in [0.5, 0.6) is 0 Å². The molecule has 4 N–H and O–H groups in total. The lowest BCUT2D eigenvalue weighted by molar-refractivity contribution is -0.137. The van der Waals surface area contributed by atoms with E-state index in [-0.39, 0.29) is 12.1 Å². The van der Waals surface area contributed by atoms with Gasteiger partial charge in [0.1, 0.15) is 5.82 Å². The van der Waals surface area contributed by atoms with Crippen molar-refractivity contribution in [3.63, 3.8) is 0 Å². The molecule has 1 atom stereocenters. The van der Waals surface area contributed by atoms with Crippen LogP contribution >= 0.6 is 11.6 Å². The number of hydrazone groups is 1. The van der Waals surface area contributed by atoms with Gasteiger partial charge in [-0.05, 0) is 19.1 Å². The van der Waals surface area contributed by atoms with E-state index in [4.69, 9.17) is 17.3 Å². The van der Waals surface area contributed by atoms with Crippen molar-refractivity contribution >= 4 is 24.2 Å². The summed E-state index contributed by atoms with van der Waals surface area (Å²) in [6, 6.07) is 2.70. The van der Waals surface area contributed by atoms with E-state index >= 15 is 0 Å². The Kier molecular flexibility index (Phi) is 6.04. The van der Waals surface area contributed by atoms with Gasteiger partial charge in [0.05, 0.1) is 27.9 Å². The lowest BCUT2D eigenvalue weighted by atomic mass is 10.0. The fourth-order valence-electron chi connectivity index (χ4n) is 2.78. The van der Waals surface area contributed by atoms with Crippen molar-refractivity contribution in [1.29, 1.82) is 0 Å². The van der Waals surface area contributed by atoms with Gasteiger partial charge in [-0.2, -0.15) is 18.3 Å². The number of nitrogens with two attached hydrogens (primary N) is 1. The molecule has 27 heavy (non-hydrogen) atoms. The molecule has 1 heterocycles. The summed E-state index contributed by atoms with van der Waals surface area (Å²) in [6.07, 6.45) is -4.29. The maximum Gasteiger partial charge on any atom is 0.417 e. The maximum absolute atomic E-state index is 13.0. The standard InChI is InChI=1S/C17H19ClF3N5O/c1-9-15(22)13(24-10(2)25-23-3)7-8-26(9)16(27)11-5-4-6-12(14(11)18)17(19,20)21/h4-6,9,24-25H,2-3,7-8,22H2,1H3. The minimum atomic E-state index is -4.65. The molecule has 6 nitrogen and oxygen atoms in total. The molecule has 1 aromatic carbocycles. The lowest BCUT2D eigenvalue weighted by Crippen LogP contribution is -2.47. The van der Waals surface area contributed by atoms with Gasteiger partial charge >= 0.3 is 6.18 Å². The Morgan fingerprint density at radius 3 is 2.70 bits per heavy atom. The normalized spacial score (nSPS) is 17.5. The van der Waals surface area contributed by atoms with Crippen molar-refractivity contribution in [3.05, 3.63) is 58.1 Å². The molecule has 1 unspecified atom stereocenters. The summed E-state index contributed by atoms with van der Waals surface area (Å²) >= 11 is 5.86. The van der Waals surface area contributed by atoms with Gasteiger partial charge in [-0.1, -0.05) is 24.2 Å². The number of hydrogen-bond acceptors (Lipinski definition) is 5. The summed E-state index contributed by atoms with van der Waals surface area (Å²) in [5.74, 6) is -0.263. The second-order valence-electron chi connectivity index (χ2n) is 5.90. The number of nitrogens with zero attached hydrogens (tertiary/aromatic N) is 2. The minimum absolute atomic E-state index is 0.218. The molecule has 1 aromatic rings. The van der Waals surface area contributed by atoms with Crippen LogP contribution in [-0.4, -0.2) is 30.1 Å². The molecule has 0 aromatic heterocycles. The highest BCUT2D eigenvalue weighted by Crippen LogP contribution is 2.37. The first-order chi connectivity index (χ1) is 12.6. The number of benzene rings is 1. The van der Waals surface area contributed by atoms with Gasteiger partial charge in [0.25, 0.3) is 5.91 Å². The Balaban J connectivity index is 2.28. The van der Waals surface area contributed by atoms with Gasteiger partial charge < -0.3 is 16.0 Å². The fourth-order valence-corrected chi connectivity index (χ4v) is 3.09. The van der Waals surface area contributed by atoms with Crippen molar-refractivity contribution in [2.75, 3.05) is 6.54 Å². The van der Waals surface area contributed by atoms with Gasteiger partial charge in [0, 0.05) is 25.4 Å². The number of amides is 1. The van der Waals surface area contributed by atoms with E-state index in [0.717, 1.165) is 12.1 Å². The van der Waals surface area contributed by atoms with Crippen molar-refractivity contribution < 1.29 is 18.0 Å². The van der Waals surface area contributed by atoms with Crippen LogP contribution < -0.4 is 16.5 Å².